The Morgan fingerprint density at radius 2 is 2.12 bits per heavy atom. The first-order valence-corrected chi connectivity index (χ1v) is 6.47. The van der Waals surface area contributed by atoms with Crippen LogP contribution in [-0.4, -0.2) is 28.5 Å². The Balaban J connectivity index is 2.59. The molecule has 0 aliphatic heterocycles. The minimum Gasteiger partial charge on any atom is -0.377 e. The summed E-state index contributed by atoms with van der Waals surface area (Å²) in [4.78, 5) is 0. The monoisotopic (exact) mass is 239 g/mol. The van der Waals surface area contributed by atoms with Crippen molar-refractivity contribution in [3.63, 3.8) is 0 Å². The Morgan fingerprint density at radius 3 is 2.59 bits per heavy atom. The molecule has 0 radical (unpaired) electrons. The van der Waals surface area contributed by atoms with Gasteiger partial charge in [0, 0.05) is 25.4 Å². The molecule has 2 unspecified atom stereocenters. The smallest absolute Gasteiger partial charge is 0.0751 e. The number of aryl methyl sites for hydroxylation is 1. The van der Waals surface area contributed by atoms with E-state index in [0.29, 0.717) is 12.5 Å². The largest absolute Gasteiger partial charge is 0.377 e. The third-order valence-corrected chi connectivity index (χ3v) is 2.92. The first-order valence-electron chi connectivity index (χ1n) is 6.47. The topological polar surface area (TPSA) is 53.1 Å². The predicted molar refractivity (Wildman–Crippen MR) is 69.8 cm³/mol. The number of hydrogen-bond donors (Lipinski definition) is 1. The van der Waals surface area contributed by atoms with E-state index in [1.54, 1.807) is 0 Å². The van der Waals surface area contributed by atoms with Gasteiger partial charge in [-0.05, 0) is 31.7 Å². The van der Waals surface area contributed by atoms with Crippen molar-refractivity contribution in [2.45, 2.75) is 52.8 Å². The average Bonchev–Trinajstić information content (AvgIpc) is 2.72. The number of hydrogen-bond acceptors (Lipinski definition) is 3. The maximum atomic E-state index is 6.23. The van der Waals surface area contributed by atoms with Gasteiger partial charge in [0.25, 0.3) is 0 Å². The molecule has 1 rings (SSSR count). The van der Waals surface area contributed by atoms with Gasteiger partial charge in [0.15, 0.2) is 0 Å². The number of nitrogens with two attached hydrogens (primary N) is 1. The van der Waals surface area contributed by atoms with E-state index in [4.69, 9.17) is 10.5 Å². The van der Waals surface area contributed by atoms with Crippen molar-refractivity contribution in [2.24, 2.45) is 11.7 Å². The van der Waals surface area contributed by atoms with Crippen LogP contribution in [0.5, 0.6) is 0 Å². The van der Waals surface area contributed by atoms with Gasteiger partial charge in [-0.2, -0.15) is 5.10 Å². The summed E-state index contributed by atoms with van der Waals surface area (Å²) in [6.07, 6.45) is 4.89. The molecular weight excluding hydrogens is 214 g/mol. The zero-order chi connectivity index (χ0) is 12.8. The normalized spacial score (nSPS) is 15.2. The molecule has 0 saturated heterocycles. The van der Waals surface area contributed by atoms with Crippen LogP contribution in [0.15, 0.2) is 12.4 Å². The molecule has 1 aromatic heterocycles. The summed E-state index contributed by atoms with van der Waals surface area (Å²) in [6, 6.07) is 0.0319. The number of ether oxygens (including phenoxy) is 1. The molecule has 2 N–H and O–H groups in total. The summed E-state index contributed by atoms with van der Waals surface area (Å²) in [7, 11) is 0. The molecule has 0 amide bonds. The molecular formula is C13H25N3O. The van der Waals surface area contributed by atoms with Gasteiger partial charge in [0.05, 0.1) is 12.3 Å². The van der Waals surface area contributed by atoms with Crippen molar-refractivity contribution in [1.82, 2.24) is 9.78 Å². The van der Waals surface area contributed by atoms with Gasteiger partial charge in [0.1, 0.15) is 0 Å². The van der Waals surface area contributed by atoms with Crippen molar-refractivity contribution in [1.29, 1.82) is 0 Å². The summed E-state index contributed by atoms with van der Waals surface area (Å²) in [6.45, 7) is 10.00. The highest BCUT2D eigenvalue weighted by molar-refractivity contribution is 5.07. The maximum absolute atomic E-state index is 6.23. The van der Waals surface area contributed by atoms with E-state index in [-0.39, 0.29) is 12.1 Å². The second-order valence-corrected chi connectivity index (χ2v) is 4.74. The van der Waals surface area contributed by atoms with Gasteiger partial charge in [0.2, 0.25) is 0 Å². The molecule has 0 spiro atoms. The molecule has 0 bridgehead atoms. The molecule has 1 heterocycles. The molecule has 4 heteroatoms. The quantitative estimate of drug-likeness (QED) is 0.790. The Kier molecular flexibility index (Phi) is 5.65. The fourth-order valence-electron chi connectivity index (χ4n) is 2.08. The Labute approximate surface area is 104 Å². The Morgan fingerprint density at radius 1 is 1.41 bits per heavy atom. The molecule has 0 aromatic carbocycles. The van der Waals surface area contributed by atoms with Gasteiger partial charge in [-0.1, -0.05) is 13.8 Å². The SMILES string of the molecule is CCOC(C(C)C)C(N)Cc1cnn(CC)c1. The number of rotatable bonds is 7. The van der Waals surface area contributed by atoms with Gasteiger partial charge in [-0.15, -0.1) is 0 Å². The Hall–Kier alpha value is -0.870. The Bertz CT molecular complexity index is 322. The number of nitrogens with zero attached hydrogens (tertiary/aromatic N) is 2. The lowest BCUT2D eigenvalue weighted by Gasteiger charge is -2.26. The second kappa shape index (κ2) is 6.77. The first-order chi connectivity index (χ1) is 8.08. The van der Waals surface area contributed by atoms with Crippen LogP contribution < -0.4 is 5.73 Å². The fraction of sp³-hybridized carbons (Fsp3) is 0.769. The third kappa shape index (κ3) is 4.13. The average molecular weight is 239 g/mol. The first kappa shape index (κ1) is 14.2. The molecule has 0 fully saturated rings. The molecule has 1 aromatic rings. The highest BCUT2D eigenvalue weighted by Gasteiger charge is 2.22. The zero-order valence-electron chi connectivity index (χ0n) is 11.4. The van der Waals surface area contributed by atoms with Gasteiger partial charge < -0.3 is 10.5 Å². The molecule has 98 valence electrons. The van der Waals surface area contributed by atoms with E-state index in [1.165, 1.54) is 5.56 Å². The zero-order valence-corrected chi connectivity index (χ0v) is 11.4. The van der Waals surface area contributed by atoms with Crippen LogP contribution in [0.2, 0.25) is 0 Å². The van der Waals surface area contributed by atoms with E-state index in [9.17, 15) is 0 Å². The highest BCUT2D eigenvalue weighted by Crippen LogP contribution is 2.13. The van der Waals surface area contributed by atoms with E-state index in [1.807, 2.05) is 17.8 Å². The number of aromatic nitrogens is 2. The van der Waals surface area contributed by atoms with Crippen LogP contribution in [-0.2, 0) is 17.7 Å². The van der Waals surface area contributed by atoms with Crippen molar-refractivity contribution in [3.05, 3.63) is 18.0 Å². The van der Waals surface area contributed by atoms with E-state index in [2.05, 4.69) is 32.1 Å². The molecule has 0 aliphatic rings. The summed E-state index contributed by atoms with van der Waals surface area (Å²) < 4.78 is 7.64. The summed E-state index contributed by atoms with van der Waals surface area (Å²) in [5.41, 5.74) is 7.41. The predicted octanol–water partition coefficient (Wildman–Crippen LogP) is 1.83. The summed E-state index contributed by atoms with van der Waals surface area (Å²) in [5, 5.41) is 4.26. The molecule has 0 aliphatic carbocycles. The van der Waals surface area contributed by atoms with Gasteiger partial charge in [-0.25, -0.2) is 0 Å². The fourth-order valence-corrected chi connectivity index (χ4v) is 2.08. The van der Waals surface area contributed by atoms with Gasteiger partial charge >= 0.3 is 0 Å². The van der Waals surface area contributed by atoms with Crippen LogP contribution >= 0.6 is 0 Å². The maximum Gasteiger partial charge on any atom is 0.0751 e. The van der Waals surface area contributed by atoms with Crippen molar-refractivity contribution >= 4 is 0 Å². The third-order valence-electron chi connectivity index (χ3n) is 2.92. The van der Waals surface area contributed by atoms with Crippen molar-refractivity contribution in [2.75, 3.05) is 6.61 Å². The summed E-state index contributed by atoms with van der Waals surface area (Å²) >= 11 is 0. The van der Waals surface area contributed by atoms with Gasteiger partial charge in [-0.3, -0.25) is 4.68 Å². The molecule has 4 nitrogen and oxygen atoms in total. The molecule has 17 heavy (non-hydrogen) atoms. The standard InChI is InChI=1S/C13H25N3O/c1-5-16-9-11(8-15-16)7-12(14)13(10(3)4)17-6-2/h8-10,12-13H,5-7,14H2,1-4H3. The van der Waals surface area contributed by atoms with Crippen LogP contribution in [0.25, 0.3) is 0 Å². The van der Waals surface area contributed by atoms with E-state index in [0.717, 1.165) is 13.0 Å². The van der Waals surface area contributed by atoms with Crippen LogP contribution in [0.1, 0.15) is 33.3 Å². The van der Waals surface area contributed by atoms with Crippen LogP contribution in [0.4, 0.5) is 0 Å². The van der Waals surface area contributed by atoms with Crippen LogP contribution in [0.3, 0.4) is 0 Å². The lowest BCUT2D eigenvalue weighted by atomic mass is 9.96. The lowest BCUT2D eigenvalue weighted by Crippen LogP contribution is -2.42. The van der Waals surface area contributed by atoms with Crippen molar-refractivity contribution < 1.29 is 4.74 Å². The highest BCUT2D eigenvalue weighted by atomic mass is 16.5. The minimum absolute atomic E-state index is 0.0319. The summed E-state index contributed by atoms with van der Waals surface area (Å²) in [5.74, 6) is 0.436. The molecule has 2 atom stereocenters. The van der Waals surface area contributed by atoms with Crippen LogP contribution in [0, 0.1) is 5.92 Å². The van der Waals surface area contributed by atoms with E-state index >= 15 is 0 Å². The second-order valence-electron chi connectivity index (χ2n) is 4.74. The molecule has 0 saturated carbocycles. The minimum atomic E-state index is 0.0319. The lowest BCUT2D eigenvalue weighted by molar-refractivity contribution is 0.0128. The van der Waals surface area contributed by atoms with E-state index < -0.39 is 0 Å². The van der Waals surface area contributed by atoms with Crippen molar-refractivity contribution in [3.8, 4) is 0 Å².